The molecule has 0 radical (unpaired) electrons. The lowest BCUT2D eigenvalue weighted by Gasteiger charge is -2.24. The maximum atomic E-state index is 9.48. The van der Waals surface area contributed by atoms with Crippen LogP contribution in [0.5, 0.6) is 0 Å². The fraction of sp³-hybridized carbons (Fsp3) is 1.00. The van der Waals surface area contributed by atoms with Gasteiger partial charge in [0, 0.05) is 19.6 Å². The van der Waals surface area contributed by atoms with Crippen LogP contribution in [0, 0.1) is 5.41 Å². The van der Waals surface area contributed by atoms with Crippen LogP contribution in [0.3, 0.4) is 0 Å². The summed E-state index contributed by atoms with van der Waals surface area (Å²) in [4.78, 5) is 2.39. The fourth-order valence-corrected chi connectivity index (χ4v) is 3.09. The van der Waals surface area contributed by atoms with E-state index in [1.807, 2.05) is 0 Å². The highest BCUT2D eigenvalue weighted by Crippen LogP contribution is 2.45. The molecule has 1 spiro atoms. The van der Waals surface area contributed by atoms with Gasteiger partial charge in [-0.1, -0.05) is 12.8 Å². The molecular formula is C11H22N2O. The highest BCUT2D eigenvalue weighted by molar-refractivity contribution is 4.93. The van der Waals surface area contributed by atoms with E-state index in [-0.39, 0.29) is 6.10 Å². The van der Waals surface area contributed by atoms with Gasteiger partial charge in [-0.25, -0.2) is 0 Å². The molecule has 3 nitrogen and oxygen atoms in total. The molecule has 3 heteroatoms. The Labute approximate surface area is 86.3 Å². The second-order valence-corrected chi connectivity index (χ2v) is 5.08. The first kappa shape index (κ1) is 10.4. The molecular weight excluding hydrogens is 176 g/mol. The van der Waals surface area contributed by atoms with E-state index in [0.29, 0.717) is 12.0 Å². The summed E-state index contributed by atoms with van der Waals surface area (Å²) in [6.45, 7) is 3.53. The molecule has 82 valence electrons. The Morgan fingerprint density at radius 2 is 2.00 bits per heavy atom. The molecule has 2 rings (SSSR count). The lowest BCUT2D eigenvalue weighted by Crippen LogP contribution is -2.36. The molecule has 0 bridgehead atoms. The standard InChI is InChI=1S/C11H22N2O/c12-7-10(14)8-13-6-5-11(9-13)3-1-2-4-11/h10,14H,1-9,12H2/t10-/m0/s1. The van der Waals surface area contributed by atoms with Gasteiger partial charge in [0.2, 0.25) is 0 Å². The zero-order valence-electron chi connectivity index (χ0n) is 8.91. The van der Waals surface area contributed by atoms with E-state index in [4.69, 9.17) is 5.73 Å². The molecule has 0 amide bonds. The average Bonchev–Trinajstić information content (AvgIpc) is 2.78. The minimum Gasteiger partial charge on any atom is -0.390 e. The van der Waals surface area contributed by atoms with Crippen molar-refractivity contribution >= 4 is 0 Å². The Hall–Kier alpha value is -0.120. The number of aliphatic hydroxyl groups is 1. The second-order valence-electron chi connectivity index (χ2n) is 5.08. The SMILES string of the molecule is NC[C@H](O)CN1CCC2(CCCC2)C1. The molecule has 3 N–H and O–H groups in total. The highest BCUT2D eigenvalue weighted by Gasteiger charge is 2.40. The Morgan fingerprint density at radius 3 is 2.64 bits per heavy atom. The van der Waals surface area contributed by atoms with Gasteiger partial charge >= 0.3 is 0 Å². The van der Waals surface area contributed by atoms with Crippen molar-refractivity contribution in [2.75, 3.05) is 26.2 Å². The van der Waals surface area contributed by atoms with Crippen LogP contribution in [0.15, 0.2) is 0 Å². The van der Waals surface area contributed by atoms with Crippen LogP contribution >= 0.6 is 0 Å². The van der Waals surface area contributed by atoms with E-state index < -0.39 is 0 Å². The lowest BCUT2D eigenvalue weighted by atomic mass is 9.86. The summed E-state index contributed by atoms with van der Waals surface area (Å²) in [6, 6.07) is 0. The van der Waals surface area contributed by atoms with Crippen LogP contribution in [-0.2, 0) is 0 Å². The summed E-state index contributed by atoms with van der Waals surface area (Å²) in [7, 11) is 0. The number of aliphatic hydroxyl groups excluding tert-OH is 1. The minimum absolute atomic E-state index is 0.327. The van der Waals surface area contributed by atoms with E-state index in [1.54, 1.807) is 0 Å². The largest absolute Gasteiger partial charge is 0.390 e. The van der Waals surface area contributed by atoms with Crippen molar-refractivity contribution in [1.29, 1.82) is 0 Å². The monoisotopic (exact) mass is 198 g/mol. The zero-order chi connectivity index (χ0) is 10.0. The quantitative estimate of drug-likeness (QED) is 0.697. The summed E-state index contributed by atoms with van der Waals surface area (Å²) in [5, 5.41) is 9.48. The molecule has 1 heterocycles. The normalized spacial score (nSPS) is 28.7. The summed E-state index contributed by atoms with van der Waals surface area (Å²) in [6.07, 6.45) is 6.64. The van der Waals surface area contributed by atoms with Crippen LogP contribution in [0.4, 0.5) is 0 Å². The Morgan fingerprint density at radius 1 is 1.29 bits per heavy atom. The van der Waals surface area contributed by atoms with Crippen LogP contribution in [0.2, 0.25) is 0 Å². The highest BCUT2D eigenvalue weighted by atomic mass is 16.3. The topological polar surface area (TPSA) is 49.5 Å². The van der Waals surface area contributed by atoms with Gasteiger partial charge in [0.1, 0.15) is 0 Å². The smallest absolute Gasteiger partial charge is 0.0789 e. The molecule has 2 aliphatic rings. The number of nitrogens with zero attached hydrogens (tertiary/aromatic N) is 1. The molecule has 2 fully saturated rings. The summed E-state index contributed by atoms with van der Waals surface area (Å²) < 4.78 is 0. The molecule has 0 aromatic carbocycles. The van der Waals surface area contributed by atoms with Gasteiger partial charge in [0.15, 0.2) is 0 Å². The van der Waals surface area contributed by atoms with Gasteiger partial charge in [0.05, 0.1) is 6.10 Å². The first-order valence-electron chi connectivity index (χ1n) is 5.85. The van der Waals surface area contributed by atoms with Crippen molar-refractivity contribution < 1.29 is 5.11 Å². The minimum atomic E-state index is -0.327. The summed E-state index contributed by atoms with van der Waals surface area (Å²) in [5.74, 6) is 0. The maximum Gasteiger partial charge on any atom is 0.0789 e. The summed E-state index contributed by atoms with van der Waals surface area (Å²) >= 11 is 0. The van der Waals surface area contributed by atoms with Crippen molar-refractivity contribution in [2.24, 2.45) is 11.1 Å². The third kappa shape index (κ3) is 2.10. The predicted molar refractivity (Wildman–Crippen MR) is 57.0 cm³/mol. The Bertz CT molecular complexity index is 190. The van der Waals surface area contributed by atoms with Crippen molar-refractivity contribution in [2.45, 2.75) is 38.2 Å². The Kier molecular flexibility index (Phi) is 3.10. The van der Waals surface area contributed by atoms with Gasteiger partial charge in [0.25, 0.3) is 0 Å². The van der Waals surface area contributed by atoms with Crippen LogP contribution in [-0.4, -0.2) is 42.3 Å². The van der Waals surface area contributed by atoms with E-state index >= 15 is 0 Å². The molecule has 0 unspecified atom stereocenters. The first-order valence-corrected chi connectivity index (χ1v) is 5.85. The second kappa shape index (κ2) is 4.17. The number of β-amino-alcohol motifs (C(OH)–C–C–N with tert-alkyl or cyclic N) is 1. The van der Waals surface area contributed by atoms with Gasteiger partial charge < -0.3 is 15.7 Å². The average molecular weight is 198 g/mol. The number of likely N-dealkylation sites (tertiary alicyclic amines) is 1. The third-order valence-electron chi connectivity index (χ3n) is 3.92. The molecule has 1 atom stereocenters. The van der Waals surface area contributed by atoms with Crippen LogP contribution in [0.1, 0.15) is 32.1 Å². The van der Waals surface area contributed by atoms with Gasteiger partial charge in [-0.2, -0.15) is 0 Å². The molecule has 0 aromatic rings. The van der Waals surface area contributed by atoms with Gasteiger partial charge in [-0.3, -0.25) is 0 Å². The fourth-order valence-electron chi connectivity index (χ4n) is 3.09. The van der Waals surface area contributed by atoms with Crippen molar-refractivity contribution in [1.82, 2.24) is 4.90 Å². The third-order valence-corrected chi connectivity index (χ3v) is 3.92. The number of nitrogens with two attached hydrogens (primary N) is 1. The maximum absolute atomic E-state index is 9.48. The first-order chi connectivity index (χ1) is 6.74. The van der Waals surface area contributed by atoms with Gasteiger partial charge in [-0.15, -0.1) is 0 Å². The van der Waals surface area contributed by atoms with E-state index in [2.05, 4.69) is 4.90 Å². The van der Waals surface area contributed by atoms with Gasteiger partial charge in [-0.05, 0) is 31.2 Å². The molecule has 1 aliphatic heterocycles. The van der Waals surface area contributed by atoms with Crippen LogP contribution in [0.25, 0.3) is 0 Å². The van der Waals surface area contributed by atoms with Crippen molar-refractivity contribution in [3.63, 3.8) is 0 Å². The number of rotatable bonds is 3. The van der Waals surface area contributed by atoms with Crippen molar-refractivity contribution in [3.05, 3.63) is 0 Å². The summed E-state index contributed by atoms with van der Waals surface area (Å²) in [5.41, 5.74) is 6.04. The number of hydrogen-bond donors (Lipinski definition) is 2. The van der Waals surface area contributed by atoms with E-state index in [1.165, 1.54) is 38.6 Å². The van der Waals surface area contributed by atoms with E-state index in [0.717, 1.165) is 13.1 Å². The predicted octanol–water partition coefficient (Wildman–Crippen LogP) is 0.572. The number of hydrogen-bond acceptors (Lipinski definition) is 3. The zero-order valence-corrected chi connectivity index (χ0v) is 8.91. The molecule has 14 heavy (non-hydrogen) atoms. The molecule has 1 saturated heterocycles. The van der Waals surface area contributed by atoms with Crippen LogP contribution < -0.4 is 5.73 Å². The van der Waals surface area contributed by atoms with Crippen molar-refractivity contribution in [3.8, 4) is 0 Å². The molecule has 1 aliphatic carbocycles. The molecule has 0 aromatic heterocycles. The lowest BCUT2D eigenvalue weighted by molar-refractivity contribution is 0.124. The Balaban J connectivity index is 1.82. The van der Waals surface area contributed by atoms with E-state index in [9.17, 15) is 5.11 Å². The molecule has 1 saturated carbocycles.